The molecule has 17 heavy (non-hydrogen) atoms. The first-order valence-corrected chi connectivity index (χ1v) is 5.59. The smallest absolute Gasteiger partial charge is 0.157 e. The van der Waals surface area contributed by atoms with E-state index in [1.165, 1.54) is 0 Å². The molecule has 0 fully saturated rings. The van der Waals surface area contributed by atoms with Crippen molar-refractivity contribution in [1.29, 1.82) is 0 Å². The number of hydrogen-bond donors (Lipinski definition) is 2. The van der Waals surface area contributed by atoms with Gasteiger partial charge in [0.2, 0.25) is 0 Å². The van der Waals surface area contributed by atoms with Crippen molar-refractivity contribution in [3.8, 4) is 0 Å². The lowest BCUT2D eigenvalue weighted by molar-refractivity contribution is 0.190. The Morgan fingerprint density at radius 2 is 2.41 bits per heavy atom. The first-order valence-electron chi connectivity index (χ1n) is 5.59. The third kappa shape index (κ3) is 2.92. The molecule has 0 spiro atoms. The van der Waals surface area contributed by atoms with E-state index in [9.17, 15) is 0 Å². The van der Waals surface area contributed by atoms with Crippen LogP contribution in [0.3, 0.4) is 0 Å². The molecular weight excluding hydrogens is 218 g/mol. The van der Waals surface area contributed by atoms with Gasteiger partial charge < -0.3 is 15.8 Å². The zero-order chi connectivity index (χ0) is 12.1. The highest BCUT2D eigenvalue weighted by Crippen LogP contribution is 2.08. The van der Waals surface area contributed by atoms with E-state index >= 15 is 0 Å². The maximum atomic E-state index is 5.69. The van der Waals surface area contributed by atoms with Crippen molar-refractivity contribution in [3.63, 3.8) is 0 Å². The molecule has 0 bridgehead atoms. The minimum atomic E-state index is 0.174. The van der Waals surface area contributed by atoms with Crippen molar-refractivity contribution in [2.75, 3.05) is 25.6 Å². The van der Waals surface area contributed by atoms with Crippen molar-refractivity contribution in [1.82, 2.24) is 14.6 Å². The van der Waals surface area contributed by atoms with E-state index in [4.69, 9.17) is 10.5 Å². The average Bonchev–Trinajstić information content (AvgIpc) is 2.81. The molecule has 3 N–H and O–H groups in total. The number of methoxy groups -OCH3 is 1. The van der Waals surface area contributed by atoms with E-state index in [0.29, 0.717) is 13.2 Å². The molecule has 0 aliphatic carbocycles. The number of nitrogens with one attached hydrogen (secondary N) is 1. The standard InChI is InChI=1S/C11H17N5O/c1-17-7-4-9(8-12)14-10-3-6-16-11(15-10)2-5-13-16/h2-3,5-6,9H,4,7-8,12H2,1H3,(H,14,15). The van der Waals surface area contributed by atoms with Crippen molar-refractivity contribution < 1.29 is 4.74 Å². The zero-order valence-corrected chi connectivity index (χ0v) is 9.84. The molecule has 0 amide bonds. The SMILES string of the molecule is COCCC(CN)Nc1ccn2nccc2n1. The molecule has 6 heteroatoms. The minimum Gasteiger partial charge on any atom is -0.385 e. The summed E-state index contributed by atoms with van der Waals surface area (Å²) in [5.74, 6) is 0.810. The number of fused-ring (bicyclic) bond motifs is 1. The van der Waals surface area contributed by atoms with Crippen LogP contribution in [0.1, 0.15) is 6.42 Å². The molecule has 2 rings (SSSR count). The summed E-state index contributed by atoms with van der Waals surface area (Å²) in [7, 11) is 1.68. The van der Waals surface area contributed by atoms with Crippen LogP contribution in [0, 0.1) is 0 Å². The predicted octanol–water partition coefficient (Wildman–Crippen LogP) is 0.505. The molecule has 0 radical (unpaired) electrons. The van der Waals surface area contributed by atoms with Crippen molar-refractivity contribution in [2.24, 2.45) is 5.73 Å². The van der Waals surface area contributed by atoms with Gasteiger partial charge in [-0.2, -0.15) is 5.10 Å². The summed E-state index contributed by atoms with van der Waals surface area (Å²) in [6.45, 7) is 1.24. The number of rotatable bonds is 6. The van der Waals surface area contributed by atoms with Gasteiger partial charge in [0.05, 0.1) is 6.20 Å². The van der Waals surface area contributed by atoms with Gasteiger partial charge in [-0.1, -0.05) is 0 Å². The normalized spacial score (nSPS) is 12.8. The summed E-state index contributed by atoms with van der Waals surface area (Å²) in [6, 6.07) is 3.92. The van der Waals surface area contributed by atoms with Gasteiger partial charge in [0, 0.05) is 38.6 Å². The van der Waals surface area contributed by atoms with Crippen LogP contribution >= 0.6 is 0 Å². The lowest BCUT2D eigenvalue weighted by atomic mass is 10.2. The molecule has 2 heterocycles. The van der Waals surface area contributed by atoms with Gasteiger partial charge >= 0.3 is 0 Å². The minimum absolute atomic E-state index is 0.174. The van der Waals surface area contributed by atoms with E-state index in [-0.39, 0.29) is 6.04 Å². The molecule has 0 aromatic carbocycles. The van der Waals surface area contributed by atoms with Crippen LogP contribution in [0.15, 0.2) is 24.5 Å². The molecule has 92 valence electrons. The number of anilines is 1. The van der Waals surface area contributed by atoms with E-state index in [1.807, 2.05) is 18.3 Å². The average molecular weight is 235 g/mol. The van der Waals surface area contributed by atoms with Crippen LogP contribution in [0.4, 0.5) is 5.82 Å². The highest BCUT2D eigenvalue weighted by atomic mass is 16.5. The van der Waals surface area contributed by atoms with Crippen LogP contribution in [0.25, 0.3) is 5.65 Å². The molecule has 0 aliphatic rings. The van der Waals surface area contributed by atoms with Gasteiger partial charge in [-0.3, -0.25) is 0 Å². The lowest BCUT2D eigenvalue weighted by Crippen LogP contribution is -2.30. The first kappa shape index (κ1) is 11.8. The van der Waals surface area contributed by atoms with Gasteiger partial charge in [0.25, 0.3) is 0 Å². The van der Waals surface area contributed by atoms with Crippen LogP contribution < -0.4 is 11.1 Å². The number of hydrogen-bond acceptors (Lipinski definition) is 5. The third-order valence-electron chi connectivity index (χ3n) is 2.56. The molecule has 1 atom stereocenters. The van der Waals surface area contributed by atoms with E-state index in [2.05, 4.69) is 15.4 Å². The molecule has 2 aromatic rings. The second-order valence-electron chi connectivity index (χ2n) is 3.81. The van der Waals surface area contributed by atoms with Crippen molar-refractivity contribution >= 4 is 11.5 Å². The summed E-state index contributed by atoms with van der Waals surface area (Å²) in [6.07, 6.45) is 4.45. The van der Waals surface area contributed by atoms with E-state index in [0.717, 1.165) is 17.9 Å². The van der Waals surface area contributed by atoms with Crippen LogP contribution in [-0.4, -0.2) is 40.9 Å². The van der Waals surface area contributed by atoms with Gasteiger partial charge in [-0.05, 0) is 12.5 Å². The Hall–Kier alpha value is -1.66. The van der Waals surface area contributed by atoms with Gasteiger partial charge in [-0.15, -0.1) is 0 Å². The zero-order valence-electron chi connectivity index (χ0n) is 9.84. The second-order valence-corrected chi connectivity index (χ2v) is 3.81. The quantitative estimate of drug-likeness (QED) is 0.762. The predicted molar refractivity (Wildman–Crippen MR) is 65.9 cm³/mol. The molecule has 6 nitrogen and oxygen atoms in total. The Balaban J connectivity index is 2.05. The highest BCUT2D eigenvalue weighted by Gasteiger charge is 2.07. The summed E-state index contributed by atoms with van der Waals surface area (Å²) >= 11 is 0. The lowest BCUT2D eigenvalue weighted by Gasteiger charge is -2.16. The molecule has 2 aromatic heterocycles. The van der Waals surface area contributed by atoms with Gasteiger partial charge in [0.15, 0.2) is 5.65 Å². The summed E-state index contributed by atoms with van der Waals surface area (Å²) < 4.78 is 6.76. The maximum Gasteiger partial charge on any atom is 0.157 e. The maximum absolute atomic E-state index is 5.69. The fourth-order valence-corrected chi connectivity index (χ4v) is 1.61. The van der Waals surface area contributed by atoms with E-state index < -0.39 is 0 Å². The Kier molecular flexibility index (Phi) is 3.89. The Bertz CT molecular complexity index is 470. The first-order chi connectivity index (χ1) is 8.33. The molecular formula is C11H17N5O. The number of ether oxygens (including phenoxy) is 1. The summed E-state index contributed by atoms with van der Waals surface area (Å²) in [4.78, 5) is 4.42. The van der Waals surface area contributed by atoms with Crippen LogP contribution in [0.5, 0.6) is 0 Å². The molecule has 0 aliphatic heterocycles. The molecule has 1 unspecified atom stereocenters. The number of nitrogens with two attached hydrogens (primary N) is 1. The molecule has 0 saturated carbocycles. The van der Waals surface area contributed by atoms with Crippen molar-refractivity contribution in [3.05, 3.63) is 24.5 Å². The molecule has 0 saturated heterocycles. The van der Waals surface area contributed by atoms with Gasteiger partial charge in [-0.25, -0.2) is 9.50 Å². The second kappa shape index (κ2) is 5.60. The van der Waals surface area contributed by atoms with Crippen LogP contribution in [0.2, 0.25) is 0 Å². The Morgan fingerprint density at radius 1 is 1.53 bits per heavy atom. The van der Waals surface area contributed by atoms with Crippen LogP contribution in [-0.2, 0) is 4.74 Å². The fraction of sp³-hybridized carbons (Fsp3) is 0.455. The number of nitrogens with zero attached hydrogens (tertiary/aromatic N) is 3. The third-order valence-corrected chi connectivity index (χ3v) is 2.56. The largest absolute Gasteiger partial charge is 0.385 e. The highest BCUT2D eigenvalue weighted by molar-refractivity contribution is 5.45. The summed E-state index contributed by atoms with van der Waals surface area (Å²) in [5, 5.41) is 7.38. The summed E-state index contributed by atoms with van der Waals surface area (Å²) in [5.41, 5.74) is 6.51. The monoisotopic (exact) mass is 235 g/mol. The Labute approximate surface area is 99.8 Å². The van der Waals surface area contributed by atoms with Gasteiger partial charge in [0.1, 0.15) is 5.82 Å². The fourth-order valence-electron chi connectivity index (χ4n) is 1.61. The van der Waals surface area contributed by atoms with E-state index in [1.54, 1.807) is 17.8 Å². The number of aromatic nitrogens is 3. The Morgan fingerprint density at radius 3 is 3.18 bits per heavy atom. The van der Waals surface area contributed by atoms with Crippen molar-refractivity contribution in [2.45, 2.75) is 12.5 Å². The topological polar surface area (TPSA) is 77.5 Å².